The first-order chi connectivity index (χ1) is 7.70. The van der Waals surface area contributed by atoms with E-state index in [-0.39, 0.29) is 11.9 Å². The van der Waals surface area contributed by atoms with Gasteiger partial charge in [-0.25, -0.2) is 0 Å². The predicted molar refractivity (Wildman–Crippen MR) is 69.3 cm³/mol. The van der Waals surface area contributed by atoms with Crippen molar-refractivity contribution in [1.82, 2.24) is 5.32 Å². The summed E-state index contributed by atoms with van der Waals surface area (Å²) in [6, 6.07) is 0.108. The highest BCUT2D eigenvalue weighted by molar-refractivity contribution is 5.76. The molecule has 0 aromatic rings. The van der Waals surface area contributed by atoms with Crippen LogP contribution in [0.25, 0.3) is 0 Å². The zero-order valence-electron chi connectivity index (χ0n) is 10.9. The van der Waals surface area contributed by atoms with Gasteiger partial charge in [0.15, 0.2) is 0 Å². The Morgan fingerprint density at radius 1 is 1.12 bits per heavy atom. The molecule has 1 amide bonds. The molecule has 0 aliphatic carbocycles. The monoisotopic (exact) mass is 228 g/mol. The minimum absolute atomic E-state index is 0.108. The van der Waals surface area contributed by atoms with Crippen LogP contribution in [-0.2, 0) is 4.79 Å². The first-order valence-corrected chi connectivity index (χ1v) is 6.70. The molecule has 0 heterocycles. The summed E-state index contributed by atoms with van der Waals surface area (Å²) in [4.78, 5) is 11.4. The Morgan fingerprint density at radius 2 is 1.69 bits per heavy atom. The van der Waals surface area contributed by atoms with E-state index in [0.29, 0.717) is 13.0 Å². The molecule has 0 spiro atoms. The third kappa shape index (κ3) is 9.97. The normalized spacial score (nSPS) is 12.4. The summed E-state index contributed by atoms with van der Waals surface area (Å²) in [6.45, 7) is 4.67. The lowest BCUT2D eigenvalue weighted by molar-refractivity contribution is -0.121. The molecule has 1 atom stereocenters. The van der Waals surface area contributed by atoms with Gasteiger partial charge in [-0.2, -0.15) is 0 Å². The fraction of sp³-hybridized carbons (Fsp3) is 0.923. The van der Waals surface area contributed by atoms with Crippen LogP contribution in [0.3, 0.4) is 0 Å². The maximum Gasteiger partial charge on any atom is 0.220 e. The Balaban J connectivity index is 3.21. The predicted octanol–water partition coefficient (Wildman–Crippen LogP) is 2.59. The molecule has 0 unspecified atom stereocenters. The van der Waals surface area contributed by atoms with Gasteiger partial charge in [-0.3, -0.25) is 4.79 Å². The first kappa shape index (κ1) is 15.4. The molecular formula is C13H28N2O. The van der Waals surface area contributed by atoms with Crippen molar-refractivity contribution in [2.24, 2.45) is 5.73 Å². The Kier molecular flexibility index (Phi) is 10.5. The lowest BCUT2D eigenvalue weighted by Crippen LogP contribution is -2.37. The van der Waals surface area contributed by atoms with E-state index >= 15 is 0 Å². The number of nitrogens with two attached hydrogens (primary N) is 1. The van der Waals surface area contributed by atoms with Gasteiger partial charge < -0.3 is 11.1 Å². The van der Waals surface area contributed by atoms with Gasteiger partial charge in [0.1, 0.15) is 0 Å². The Bertz CT molecular complexity index is 171. The van der Waals surface area contributed by atoms with E-state index in [9.17, 15) is 4.79 Å². The van der Waals surface area contributed by atoms with Gasteiger partial charge in [0.05, 0.1) is 0 Å². The number of nitrogens with one attached hydrogen (secondary N) is 1. The van der Waals surface area contributed by atoms with Crippen LogP contribution in [-0.4, -0.2) is 18.5 Å². The van der Waals surface area contributed by atoms with Crippen molar-refractivity contribution < 1.29 is 4.79 Å². The van der Waals surface area contributed by atoms with Crippen molar-refractivity contribution in [1.29, 1.82) is 0 Å². The van der Waals surface area contributed by atoms with Crippen LogP contribution in [0.1, 0.15) is 65.2 Å². The molecule has 0 bridgehead atoms. The van der Waals surface area contributed by atoms with Gasteiger partial charge in [0, 0.05) is 19.0 Å². The Labute approximate surface area is 100 Å². The van der Waals surface area contributed by atoms with Gasteiger partial charge in [0.2, 0.25) is 5.91 Å². The number of hydrogen-bond acceptors (Lipinski definition) is 2. The van der Waals surface area contributed by atoms with Gasteiger partial charge in [-0.05, 0) is 13.3 Å². The third-order valence-electron chi connectivity index (χ3n) is 2.77. The molecular weight excluding hydrogens is 200 g/mol. The highest BCUT2D eigenvalue weighted by Crippen LogP contribution is 2.08. The van der Waals surface area contributed by atoms with Crippen molar-refractivity contribution >= 4 is 5.91 Å². The van der Waals surface area contributed by atoms with Crippen molar-refractivity contribution in [3.63, 3.8) is 0 Å². The van der Waals surface area contributed by atoms with Gasteiger partial charge >= 0.3 is 0 Å². The summed E-state index contributed by atoms with van der Waals surface area (Å²) >= 11 is 0. The first-order valence-electron chi connectivity index (χ1n) is 6.70. The summed E-state index contributed by atoms with van der Waals surface area (Å²) in [6.07, 6.45) is 9.39. The number of carbonyl (C=O) groups excluding carboxylic acids is 1. The number of hydrogen-bond donors (Lipinski definition) is 2. The molecule has 3 nitrogen and oxygen atoms in total. The smallest absolute Gasteiger partial charge is 0.220 e. The van der Waals surface area contributed by atoms with Crippen LogP contribution in [0.4, 0.5) is 0 Å². The summed E-state index contributed by atoms with van der Waals surface area (Å²) in [5.41, 5.74) is 5.43. The highest BCUT2D eigenvalue weighted by atomic mass is 16.1. The standard InChI is InChI=1S/C13H28N2O/c1-3-4-5-6-7-8-9-10-13(16)15-12(2)11-14/h12H,3-11,14H2,1-2H3,(H,15,16)/t12-/m1/s1. The van der Waals surface area contributed by atoms with Crippen molar-refractivity contribution in [3.8, 4) is 0 Å². The summed E-state index contributed by atoms with van der Waals surface area (Å²) in [7, 11) is 0. The quantitative estimate of drug-likeness (QED) is 0.565. The van der Waals surface area contributed by atoms with Crippen molar-refractivity contribution in [2.45, 2.75) is 71.3 Å². The average molecular weight is 228 g/mol. The fourth-order valence-corrected chi connectivity index (χ4v) is 1.65. The minimum atomic E-state index is 0.108. The molecule has 0 rings (SSSR count). The van der Waals surface area contributed by atoms with E-state index in [0.717, 1.165) is 6.42 Å². The number of amides is 1. The van der Waals surface area contributed by atoms with E-state index in [2.05, 4.69) is 12.2 Å². The topological polar surface area (TPSA) is 55.1 Å². The largest absolute Gasteiger partial charge is 0.352 e. The van der Waals surface area contributed by atoms with E-state index in [4.69, 9.17) is 5.73 Å². The molecule has 0 aromatic carbocycles. The fourth-order valence-electron chi connectivity index (χ4n) is 1.65. The van der Waals surface area contributed by atoms with E-state index in [1.165, 1.54) is 38.5 Å². The van der Waals surface area contributed by atoms with Gasteiger partial charge in [0.25, 0.3) is 0 Å². The van der Waals surface area contributed by atoms with E-state index in [1.807, 2.05) is 6.92 Å². The van der Waals surface area contributed by atoms with Crippen LogP contribution in [0.15, 0.2) is 0 Å². The minimum Gasteiger partial charge on any atom is -0.352 e. The second kappa shape index (κ2) is 10.9. The van der Waals surface area contributed by atoms with E-state index < -0.39 is 0 Å². The van der Waals surface area contributed by atoms with Crippen LogP contribution < -0.4 is 11.1 Å². The lowest BCUT2D eigenvalue weighted by atomic mass is 10.1. The molecule has 0 fully saturated rings. The molecule has 0 aliphatic rings. The Hall–Kier alpha value is -0.570. The maximum atomic E-state index is 11.4. The van der Waals surface area contributed by atoms with Crippen molar-refractivity contribution in [3.05, 3.63) is 0 Å². The summed E-state index contributed by atoms with van der Waals surface area (Å²) < 4.78 is 0. The molecule has 0 aromatic heterocycles. The van der Waals surface area contributed by atoms with Crippen LogP contribution >= 0.6 is 0 Å². The second-order valence-electron chi connectivity index (χ2n) is 4.58. The SMILES string of the molecule is CCCCCCCCCC(=O)N[C@H](C)CN. The van der Waals surface area contributed by atoms with E-state index in [1.54, 1.807) is 0 Å². The molecule has 0 saturated carbocycles. The molecule has 3 heteroatoms. The Morgan fingerprint density at radius 3 is 2.25 bits per heavy atom. The van der Waals surface area contributed by atoms with Gasteiger partial charge in [-0.1, -0.05) is 45.4 Å². The third-order valence-corrected chi connectivity index (χ3v) is 2.77. The van der Waals surface area contributed by atoms with Crippen LogP contribution in [0.2, 0.25) is 0 Å². The molecule has 16 heavy (non-hydrogen) atoms. The van der Waals surface area contributed by atoms with Crippen LogP contribution in [0.5, 0.6) is 0 Å². The average Bonchev–Trinajstić information content (AvgIpc) is 2.27. The second-order valence-corrected chi connectivity index (χ2v) is 4.58. The zero-order chi connectivity index (χ0) is 12.2. The zero-order valence-corrected chi connectivity index (χ0v) is 10.9. The molecule has 0 aliphatic heterocycles. The molecule has 3 N–H and O–H groups in total. The number of rotatable bonds is 10. The summed E-state index contributed by atoms with van der Waals surface area (Å²) in [5, 5.41) is 2.88. The molecule has 0 saturated heterocycles. The van der Waals surface area contributed by atoms with Gasteiger partial charge in [-0.15, -0.1) is 0 Å². The van der Waals surface area contributed by atoms with Crippen molar-refractivity contribution in [2.75, 3.05) is 6.54 Å². The lowest BCUT2D eigenvalue weighted by Gasteiger charge is -2.10. The maximum absolute atomic E-state index is 11.4. The highest BCUT2D eigenvalue weighted by Gasteiger charge is 2.04. The summed E-state index contributed by atoms with van der Waals surface area (Å²) in [5.74, 6) is 0.145. The molecule has 96 valence electrons. The number of unbranched alkanes of at least 4 members (excludes halogenated alkanes) is 6. The molecule has 0 radical (unpaired) electrons. The van der Waals surface area contributed by atoms with Crippen LogP contribution in [0, 0.1) is 0 Å². The number of carbonyl (C=O) groups is 1.